The Morgan fingerprint density at radius 3 is 2.43 bits per heavy atom. The number of fused-ring (bicyclic) bond motifs is 1. The molecule has 1 fully saturated rings. The van der Waals surface area contributed by atoms with E-state index in [9.17, 15) is 9.59 Å². The minimum atomic E-state index is -0.957. The van der Waals surface area contributed by atoms with E-state index >= 15 is 0 Å². The van der Waals surface area contributed by atoms with Crippen molar-refractivity contribution in [1.82, 2.24) is 0 Å². The van der Waals surface area contributed by atoms with Gasteiger partial charge >= 0.3 is 5.97 Å². The minimum Gasteiger partial charge on any atom is -0.478 e. The largest absolute Gasteiger partial charge is 0.478 e. The number of carbonyl (C=O) groups excluding carboxylic acids is 1. The molecule has 2 unspecified atom stereocenters. The highest BCUT2D eigenvalue weighted by molar-refractivity contribution is 6.10. The van der Waals surface area contributed by atoms with Gasteiger partial charge in [0.05, 0.1) is 12.2 Å². The zero-order valence-electron chi connectivity index (χ0n) is 11.1. The number of epoxide rings is 1. The van der Waals surface area contributed by atoms with Gasteiger partial charge in [-0.1, -0.05) is 36.4 Å². The Bertz CT molecular complexity index is 757. The number of carboxylic acids is 1. The van der Waals surface area contributed by atoms with E-state index in [-0.39, 0.29) is 17.3 Å². The first-order valence-corrected chi connectivity index (χ1v) is 6.74. The zero-order valence-corrected chi connectivity index (χ0v) is 11.1. The minimum absolute atomic E-state index is 0.0328. The maximum atomic E-state index is 12.5. The summed E-state index contributed by atoms with van der Waals surface area (Å²) in [6.07, 6.45) is 0. The van der Waals surface area contributed by atoms with E-state index in [2.05, 4.69) is 0 Å². The lowest BCUT2D eigenvalue weighted by molar-refractivity contribution is 0.0696. The van der Waals surface area contributed by atoms with Gasteiger partial charge in [-0.25, -0.2) is 4.79 Å². The summed E-state index contributed by atoms with van der Waals surface area (Å²) in [5.74, 6) is -1.07. The van der Waals surface area contributed by atoms with Crippen LogP contribution in [0.4, 0.5) is 0 Å². The van der Waals surface area contributed by atoms with Crippen LogP contribution in [0.3, 0.4) is 0 Å². The molecule has 1 heterocycles. The lowest BCUT2D eigenvalue weighted by Gasteiger charge is -2.16. The highest BCUT2D eigenvalue weighted by Gasteiger charge is 2.63. The molecule has 4 nitrogen and oxygen atoms in total. The molecular weight excluding hydrogens is 268 g/mol. The fraction of sp³-hybridized carbons (Fsp3) is 0.176. The average molecular weight is 280 g/mol. The summed E-state index contributed by atoms with van der Waals surface area (Å²) in [5, 5.41) is 8.98. The maximum Gasteiger partial charge on any atom is 0.335 e. The second kappa shape index (κ2) is 4.02. The number of ether oxygens (including phenoxy) is 1. The van der Waals surface area contributed by atoms with E-state index in [1.807, 2.05) is 24.3 Å². The van der Waals surface area contributed by atoms with E-state index in [1.165, 1.54) is 0 Å². The Morgan fingerprint density at radius 2 is 1.81 bits per heavy atom. The molecule has 4 heteroatoms. The van der Waals surface area contributed by atoms with Gasteiger partial charge in [0, 0.05) is 11.5 Å². The van der Waals surface area contributed by atoms with Gasteiger partial charge in [0.1, 0.15) is 0 Å². The standard InChI is InChI=1S/C17H12O4/c18-15-13-4-2-1-3-12(13)14(17(15)9-21-17)10-5-7-11(8-6-10)16(19)20/h1-8,14H,9H2,(H,19,20). The maximum absolute atomic E-state index is 12.5. The van der Waals surface area contributed by atoms with E-state index in [1.54, 1.807) is 24.3 Å². The van der Waals surface area contributed by atoms with Crippen molar-refractivity contribution in [3.63, 3.8) is 0 Å². The molecule has 0 radical (unpaired) electrons. The van der Waals surface area contributed by atoms with Gasteiger partial charge in [0.2, 0.25) is 0 Å². The number of ketones is 1. The molecule has 2 aliphatic rings. The van der Waals surface area contributed by atoms with Crippen LogP contribution in [-0.2, 0) is 4.74 Å². The Hall–Kier alpha value is -2.46. The first-order chi connectivity index (χ1) is 10.1. The molecule has 4 rings (SSSR count). The normalized spacial score (nSPS) is 25.9. The van der Waals surface area contributed by atoms with Gasteiger partial charge in [0.15, 0.2) is 11.4 Å². The van der Waals surface area contributed by atoms with Gasteiger partial charge in [-0.3, -0.25) is 4.79 Å². The fourth-order valence-corrected chi connectivity index (χ4v) is 3.21. The van der Waals surface area contributed by atoms with Crippen molar-refractivity contribution in [2.24, 2.45) is 0 Å². The summed E-state index contributed by atoms with van der Waals surface area (Å²) in [6, 6.07) is 14.2. The quantitative estimate of drug-likeness (QED) is 0.858. The van der Waals surface area contributed by atoms with Crippen LogP contribution in [-0.4, -0.2) is 29.1 Å². The molecule has 104 valence electrons. The molecule has 0 aromatic heterocycles. The summed E-state index contributed by atoms with van der Waals surface area (Å²) >= 11 is 0. The molecule has 1 N–H and O–H groups in total. The number of aromatic carboxylic acids is 1. The molecule has 0 saturated carbocycles. The Morgan fingerprint density at radius 1 is 1.14 bits per heavy atom. The molecule has 2 aromatic rings. The topological polar surface area (TPSA) is 66.9 Å². The van der Waals surface area contributed by atoms with Crippen LogP contribution < -0.4 is 0 Å². The second-order valence-electron chi connectivity index (χ2n) is 5.45. The van der Waals surface area contributed by atoms with Crippen LogP contribution in [0.15, 0.2) is 48.5 Å². The van der Waals surface area contributed by atoms with Gasteiger partial charge < -0.3 is 9.84 Å². The molecule has 2 aromatic carbocycles. The summed E-state index contributed by atoms with van der Waals surface area (Å²) in [5.41, 5.74) is 2.05. The van der Waals surface area contributed by atoms with Crippen molar-refractivity contribution < 1.29 is 19.4 Å². The smallest absolute Gasteiger partial charge is 0.335 e. The molecule has 1 saturated heterocycles. The van der Waals surface area contributed by atoms with Crippen LogP contribution in [0.2, 0.25) is 0 Å². The van der Waals surface area contributed by atoms with E-state index in [4.69, 9.17) is 9.84 Å². The molecule has 0 bridgehead atoms. The van der Waals surface area contributed by atoms with Crippen molar-refractivity contribution in [3.05, 3.63) is 70.8 Å². The number of hydrogen-bond donors (Lipinski definition) is 1. The van der Waals surface area contributed by atoms with Gasteiger partial charge in [-0.05, 0) is 23.3 Å². The summed E-state index contributed by atoms with van der Waals surface area (Å²) in [7, 11) is 0. The van der Waals surface area contributed by atoms with Crippen LogP contribution in [0, 0.1) is 0 Å². The first-order valence-electron chi connectivity index (χ1n) is 6.74. The highest BCUT2D eigenvalue weighted by atomic mass is 16.6. The first kappa shape index (κ1) is 12.3. The molecule has 1 aliphatic heterocycles. The van der Waals surface area contributed by atoms with Gasteiger partial charge in [-0.15, -0.1) is 0 Å². The van der Waals surface area contributed by atoms with Crippen LogP contribution in [0.1, 0.15) is 37.8 Å². The number of benzene rings is 2. The van der Waals surface area contributed by atoms with Gasteiger partial charge in [0.25, 0.3) is 0 Å². The monoisotopic (exact) mass is 280 g/mol. The SMILES string of the molecule is O=C(O)c1ccc(C2c3ccccc3C(=O)C23CO3)cc1. The molecule has 1 aliphatic carbocycles. The number of Topliss-reactive ketones (excluding diaryl/α,β-unsaturated/α-hetero) is 1. The van der Waals surface area contributed by atoms with E-state index < -0.39 is 11.6 Å². The third kappa shape index (κ3) is 1.59. The Balaban J connectivity index is 1.84. The number of carbonyl (C=O) groups is 2. The Labute approximate surface area is 121 Å². The van der Waals surface area contributed by atoms with Crippen LogP contribution >= 0.6 is 0 Å². The number of hydrogen-bond acceptors (Lipinski definition) is 3. The Kier molecular flexibility index (Phi) is 2.35. The second-order valence-corrected chi connectivity index (χ2v) is 5.45. The summed E-state index contributed by atoms with van der Waals surface area (Å²) in [4.78, 5) is 23.5. The number of rotatable bonds is 2. The molecule has 0 amide bonds. The van der Waals surface area contributed by atoms with Crippen LogP contribution in [0.5, 0.6) is 0 Å². The van der Waals surface area contributed by atoms with Crippen molar-refractivity contribution in [1.29, 1.82) is 0 Å². The third-order valence-electron chi connectivity index (χ3n) is 4.31. The molecular formula is C17H12O4. The summed E-state index contributed by atoms with van der Waals surface area (Å²) < 4.78 is 5.53. The van der Waals surface area contributed by atoms with Crippen molar-refractivity contribution >= 4 is 11.8 Å². The highest BCUT2D eigenvalue weighted by Crippen LogP contribution is 2.53. The average Bonchev–Trinajstić information content (AvgIpc) is 3.25. The molecule has 21 heavy (non-hydrogen) atoms. The van der Waals surface area contributed by atoms with Gasteiger partial charge in [-0.2, -0.15) is 0 Å². The van der Waals surface area contributed by atoms with Crippen molar-refractivity contribution in [3.8, 4) is 0 Å². The summed E-state index contributed by atoms with van der Waals surface area (Å²) in [6.45, 7) is 0.422. The predicted octanol–water partition coefficient (Wildman–Crippen LogP) is 2.48. The molecule has 2 atom stereocenters. The lowest BCUT2D eigenvalue weighted by atomic mass is 9.85. The van der Waals surface area contributed by atoms with E-state index in [0.717, 1.165) is 11.1 Å². The predicted molar refractivity (Wildman–Crippen MR) is 74.7 cm³/mol. The van der Waals surface area contributed by atoms with Crippen molar-refractivity contribution in [2.45, 2.75) is 11.5 Å². The number of carboxylic acid groups (broad SMARTS) is 1. The molecule has 1 spiro atoms. The fourth-order valence-electron chi connectivity index (χ4n) is 3.21. The van der Waals surface area contributed by atoms with Crippen molar-refractivity contribution in [2.75, 3.05) is 6.61 Å². The van der Waals surface area contributed by atoms with E-state index in [0.29, 0.717) is 12.2 Å². The lowest BCUT2D eigenvalue weighted by Crippen LogP contribution is -2.25. The third-order valence-corrected chi connectivity index (χ3v) is 4.31. The van der Waals surface area contributed by atoms with Crippen LogP contribution in [0.25, 0.3) is 0 Å². The zero-order chi connectivity index (χ0) is 14.6.